The minimum Gasteiger partial charge on any atom is -0.507 e. The molecule has 1 N–H and O–H groups in total. The lowest BCUT2D eigenvalue weighted by Gasteiger charge is -2.04. The molecule has 0 aliphatic rings. The van der Waals surface area contributed by atoms with E-state index in [0.717, 1.165) is 11.3 Å². The molecule has 92 valence electrons. The van der Waals surface area contributed by atoms with E-state index in [1.165, 1.54) is 0 Å². The second kappa shape index (κ2) is 5.45. The number of benzene rings is 1. The highest BCUT2D eigenvalue weighted by Crippen LogP contribution is 2.20. The van der Waals surface area contributed by atoms with Gasteiger partial charge < -0.3 is 5.11 Å². The first-order chi connectivity index (χ1) is 8.66. The van der Waals surface area contributed by atoms with E-state index in [-0.39, 0.29) is 11.5 Å². The smallest absolute Gasteiger partial charge is 0.166 e. The van der Waals surface area contributed by atoms with E-state index in [1.807, 2.05) is 31.2 Å². The molecule has 1 aromatic heterocycles. The van der Waals surface area contributed by atoms with E-state index >= 15 is 0 Å². The van der Waals surface area contributed by atoms with Crippen LogP contribution in [0.3, 0.4) is 0 Å². The summed E-state index contributed by atoms with van der Waals surface area (Å²) in [7, 11) is 0. The molecule has 0 fully saturated rings. The first kappa shape index (κ1) is 12.3. The van der Waals surface area contributed by atoms with Crippen LogP contribution in [-0.2, 0) is 6.42 Å². The molecule has 0 bridgehead atoms. The molecule has 1 heterocycles. The number of carbonyl (C=O) groups excluding carboxylic acids is 1. The van der Waals surface area contributed by atoms with Crippen molar-refractivity contribution in [3.63, 3.8) is 0 Å². The van der Waals surface area contributed by atoms with Gasteiger partial charge in [-0.15, -0.1) is 0 Å². The Morgan fingerprint density at radius 3 is 2.78 bits per heavy atom. The lowest BCUT2D eigenvalue weighted by Crippen LogP contribution is -2.02. The van der Waals surface area contributed by atoms with Crippen LogP contribution in [0.15, 0.2) is 42.6 Å². The second-order valence-electron chi connectivity index (χ2n) is 4.26. The molecular formula is C15H15NO2. The molecule has 2 aromatic rings. The normalized spacial score (nSPS) is 10.3. The van der Waals surface area contributed by atoms with Crippen LogP contribution in [0.4, 0.5) is 0 Å². The van der Waals surface area contributed by atoms with Gasteiger partial charge in [0, 0.05) is 18.3 Å². The number of nitrogens with zero attached hydrogens (tertiary/aromatic N) is 1. The molecule has 0 spiro atoms. The minimum absolute atomic E-state index is 0.0565. The van der Waals surface area contributed by atoms with Gasteiger partial charge in [-0.1, -0.05) is 12.1 Å². The third kappa shape index (κ3) is 2.94. The second-order valence-corrected chi connectivity index (χ2v) is 4.26. The Bertz CT molecular complexity index is 550. The van der Waals surface area contributed by atoms with Crippen LogP contribution in [0.1, 0.15) is 28.0 Å². The van der Waals surface area contributed by atoms with Crippen molar-refractivity contribution in [1.82, 2.24) is 4.98 Å². The van der Waals surface area contributed by atoms with E-state index < -0.39 is 0 Å². The molecule has 0 aliphatic heterocycles. The van der Waals surface area contributed by atoms with Gasteiger partial charge >= 0.3 is 0 Å². The van der Waals surface area contributed by atoms with Crippen LogP contribution in [0.2, 0.25) is 0 Å². The number of hydrogen-bond acceptors (Lipinski definition) is 3. The quantitative estimate of drug-likeness (QED) is 0.837. The van der Waals surface area contributed by atoms with Crippen molar-refractivity contribution in [3.05, 3.63) is 59.4 Å². The standard InChI is InChI=1S/C15H15NO2/c1-11-5-7-13(15(18)10-11)14(17)8-6-12-4-2-3-9-16-12/h2-5,7,9-10,18H,6,8H2,1H3. The number of rotatable bonds is 4. The first-order valence-corrected chi connectivity index (χ1v) is 5.89. The molecule has 0 saturated heterocycles. The van der Waals surface area contributed by atoms with Gasteiger partial charge in [0.15, 0.2) is 5.78 Å². The Morgan fingerprint density at radius 1 is 1.28 bits per heavy atom. The van der Waals surface area contributed by atoms with E-state index in [0.29, 0.717) is 18.4 Å². The summed E-state index contributed by atoms with van der Waals surface area (Å²) in [6.07, 6.45) is 2.66. The van der Waals surface area contributed by atoms with Crippen molar-refractivity contribution in [1.29, 1.82) is 0 Å². The van der Waals surface area contributed by atoms with Crippen molar-refractivity contribution in [2.24, 2.45) is 0 Å². The van der Waals surface area contributed by atoms with Gasteiger partial charge in [-0.05, 0) is 43.2 Å². The highest BCUT2D eigenvalue weighted by Gasteiger charge is 2.11. The number of phenolic OH excluding ortho intramolecular Hbond substituents is 1. The summed E-state index contributed by atoms with van der Waals surface area (Å²) in [5.74, 6) is -0.000765. The van der Waals surface area contributed by atoms with Crippen molar-refractivity contribution in [2.45, 2.75) is 19.8 Å². The number of carbonyl (C=O) groups is 1. The van der Waals surface area contributed by atoms with Crippen molar-refractivity contribution >= 4 is 5.78 Å². The Labute approximate surface area is 106 Å². The number of aryl methyl sites for hydroxylation is 2. The molecule has 2 rings (SSSR count). The number of aromatic nitrogens is 1. The Balaban J connectivity index is 2.04. The van der Waals surface area contributed by atoms with Crippen LogP contribution in [0.25, 0.3) is 0 Å². The summed E-state index contributed by atoms with van der Waals surface area (Å²) in [5, 5.41) is 9.72. The highest BCUT2D eigenvalue weighted by atomic mass is 16.3. The minimum atomic E-state index is -0.0573. The zero-order chi connectivity index (χ0) is 13.0. The molecule has 0 radical (unpaired) electrons. The molecule has 3 heteroatoms. The number of hydrogen-bond donors (Lipinski definition) is 1. The molecule has 0 aliphatic carbocycles. The predicted molar refractivity (Wildman–Crippen MR) is 69.7 cm³/mol. The molecule has 0 unspecified atom stereocenters. The molecule has 0 amide bonds. The van der Waals surface area contributed by atoms with Gasteiger partial charge in [0.2, 0.25) is 0 Å². The lowest BCUT2D eigenvalue weighted by molar-refractivity contribution is 0.0980. The number of Topliss-reactive ketones (excluding diaryl/α,β-unsaturated/α-hetero) is 1. The van der Waals surface area contributed by atoms with Crippen LogP contribution in [0.5, 0.6) is 5.75 Å². The van der Waals surface area contributed by atoms with Crippen LogP contribution >= 0.6 is 0 Å². The molecule has 1 aromatic carbocycles. The SMILES string of the molecule is Cc1ccc(C(=O)CCc2ccccn2)c(O)c1. The highest BCUT2D eigenvalue weighted by molar-refractivity contribution is 5.98. The van der Waals surface area contributed by atoms with Crippen LogP contribution in [0, 0.1) is 6.92 Å². The topological polar surface area (TPSA) is 50.2 Å². The van der Waals surface area contributed by atoms with Gasteiger partial charge in [0.1, 0.15) is 5.75 Å². The zero-order valence-electron chi connectivity index (χ0n) is 10.3. The summed E-state index contributed by atoms with van der Waals surface area (Å²) in [6, 6.07) is 10.7. The maximum absolute atomic E-state index is 12.0. The molecular weight excluding hydrogens is 226 g/mol. The van der Waals surface area contributed by atoms with E-state index in [1.54, 1.807) is 18.3 Å². The summed E-state index contributed by atoms with van der Waals surface area (Å²) >= 11 is 0. The number of aromatic hydroxyl groups is 1. The summed E-state index contributed by atoms with van der Waals surface area (Å²) in [4.78, 5) is 16.1. The fraction of sp³-hybridized carbons (Fsp3) is 0.200. The Hall–Kier alpha value is -2.16. The third-order valence-corrected chi connectivity index (χ3v) is 2.79. The average Bonchev–Trinajstić information content (AvgIpc) is 2.37. The number of phenols is 1. The fourth-order valence-electron chi connectivity index (χ4n) is 1.80. The zero-order valence-corrected chi connectivity index (χ0v) is 10.3. The molecule has 18 heavy (non-hydrogen) atoms. The van der Waals surface area contributed by atoms with Crippen molar-refractivity contribution in [3.8, 4) is 5.75 Å². The van der Waals surface area contributed by atoms with Gasteiger partial charge in [0.05, 0.1) is 5.56 Å². The van der Waals surface area contributed by atoms with E-state index in [4.69, 9.17) is 0 Å². The Kier molecular flexibility index (Phi) is 3.72. The summed E-state index contributed by atoms with van der Waals surface area (Å²) in [5.41, 5.74) is 2.21. The van der Waals surface area contributed by atoms with Crippen LogP contribution < -0.4 is 0 Å². The monoisotopic (exact) mass is 241 g/mol. The molecule has 3 nitrogen and oxygen atoms in total. The van der Waals surface area contributed by atoms with Gasteiger partial charge in [-0.3, -0.25) is 9.78 Å². The first-order valence-electron chi connectivity index (χ1n) is 5.89. The summed E-state index contributed by atoms with van der Waals surface area (Å²) < 4.78 is 0. The maximum Gasteiger partial charge on any atom is 0.166 e. The largest absolute Gasteiger partial charge is 0.507 e. The number of pyridine rings is 1. The maximum atomic E-state index is 12.0. The molecule has 0 saturated carbocycles. The van der Waals surface area contributed by atoms with Gasteiger partial charge in [-0.2, -0.15) is 0 Å². The molecule has 0 atom stereocenters. The van der Waals surface area contributed by atoms with Gasteiger partial charge in [-0.25, -0.2) is 0 Å². The van der Waals surface area contributed by atoms with E-state index in [2.05, 4.69) is 4.98 Å². The number of ketones is 1. The predicted octanol–water partition coefficient (Wildman–Crippen LogP) is 2.91. The van der Waals surface area contributed by atoms with Gasteiger partial charge in [0.25, 0.3) is 0 Å². The third-order valence-electron chi connectivity index (χ3n) is 2.79. The Morgan fingerprint density at radius 2 is 2.11 bits per heavy atom. The van der Waals surface area contributed by atoms with Crippen LogP contribution in [-0.4, -0.2) is 15.9 Å². The summed E-state index contributed by atoms with van der Waals surface area (Å²) in [6.45, 7) is 1.88. The fourth-order valence-corrected chi connectivity index (χ4v) is 1.80. The van der Waals surface area contributed by atoms with Crippen molar-refractivity contribution in [2.75, 3.05) is 0 Å². The average molecular weight is 241 g/mol. The van der Waals surface area contributed by atoms with Crippen molar-refractivity contribution < 1.29 is 9.90 Å². The lowest BCUT2D eigenvalue weighted by atomic mass is 10.0. The van der Waals surface area contributed by atoms with E-state index in [9.17, 15) is 9.90 Å².